The van der Waals surface area contributed by atoms with Crippen molar-refractivity contribution in [3.05, 3.63) is 25.3 Å². The Morgan fingerprint density at radius 1 is 1.22 bits per heavy atom. The average molecular weight is 353 g/mol. The van der Waals surface area contributed by atoms with Crippen molar-refractivity contribution in [3.8, 4) is 0 Å². The Hall–Kier alpha value is -1.75. The van der Waals surface area contributed by atoms with E-state index in [1.165, 1.54) is 6.08 Å². The molecule has 0 saturated heterocycles. The summed E-state index contributed by atoms with van der Waals surface area (Å²) < 4.78 is 31.6. The van der Waals surface area contributed by atoms with Gasteiger partial charge in [0.1, 0.15) is 0 Å². The van der Waals surface area contributed by atoms with E-state index in [0.29, 0.717) is 6.54 Å². The van der Waals surface area contributed by atoms with Gasteiger partial charge < -0.3 is 16.0 Å². The first-order valence-corrected chi connectivity index (χ1v) is 7.71. The smallest absolute Gasteiger partial charge is 0.366 e. The molecule has 0 radical (unpaired) electrons. The van der Waals surface area contributed by atoms with Crippen LogP contribution in [0, 0.1) is 5.41 Å². The fraction of sp³-hybridized carbons (Fsp3) is 0.538. The number of rotatable bonds is 6. The first-order chi connectivity index (χ1) is 10.1. The van der Waals surface area contributed by atoms with Crippen LogP contribution in [0.2, 0.25) is 0 Å². The fourth-order valence-electron chi connectivity index (χ4n) is 1.31. The second-order valence-electron chi connectivity index (χ2n) is 5.38. The largest absolute Gasteiger partial charge is 0.394 e. The molecule has 0 aliphatic rings. The Morgan fingerprint density at radius 3 is 1.78 bits per heavy atom. The molecule has 0 aromatic heterocycles. The molecule has 0 heterocycles. The van der Waals surface area contributed by atoms with Gasteiger partial charge in [0, 0.05) is 13.1 Å². The normalized spacial score (nSPS) is 10.4. The Labute approximate surface area is 137 Å². The van der Waals surface area contributed by atoms with Crippen LogP contribution in [-0.4, -0.2) is 61.4 Å². The molecule has 0 bridgehead atoms. The van der Waals surface area contributed by atoms with Gasteiger partial charge in [0.15, 0.2) is 0 Å². The highest BCUT2D eigenvalue weighted by Crippen LogP contribution is 2.13. The zero-order chi connectivity index (χ0) is 19.3. The van der Waals surface area contributed by atoms with Gasteiger partial charge in [0.25, 0.3) is 0 Å². The summed E-state index contributed by atoms with van der Waals surface area (Å²) in [5.74, 6) is -0.586. The van der Waals surface area contributed by atoms with Crippen molar-refractivity contribution in [1.29, 1.82) is 0 Å². The first kappa shape index (κ1) is 26.2. The van der Waals surface area contributed by atoms with Gasteiger partial charge in [-0.15, -0.1) is 0 Å². The Bertz CT molecular complexity index is 478. The summed E-state index contributed by atoms with van der Waals surface area (Å²) in [6.07, 6.45) is 2.35. The standard InChI is InChI=1S/C10H20N2O.C3H5NO.H2O4S/c1-6-9(13)11-7-10(2,3)8-12(4)5;1-2-3(4)5;1-5(2,3)4/h6H,1,7-8H2,2-5H3,(H,11,13);2H,1H2,(H2,4,5);(H2,1,2,3,4). The van der Waals surface area contributed by atoms with E-state index >= 15 is 0 Å². The predicted octanol–water partition coefficient (Wildman–Crippen LogP) is -0.119. The number of primary amides is 1. The summed E-state index contributed by atoms with van der Waals surface area (Å²) in [6.45, 7) is 12.4. The first-order valence-electron chi connectivity index (χ1n) is 6.31. The Kier molecular flexibility index (Phi) is 14.5. The minimum atomic E-state index is -4.67. The Morgan fingerprint density at radius 2 is 1.57 bits per heavy atom. The number of nitrogens with one attached hydrogen (secondary N) is 1. The minimum Gasteiger partial charge on any atom is -0.366 e. The van der Waals surface area contributed by atoms with Crippen molar-refractivity contribution in [1.82, 2.24) is 10.2 Å². The zero-order valence-electron chi connectivity index (χ0n) is 13.9. The van der Waals surface area contributed by atoms with Crippen LogP contribution in [-0.2, 0) is 20.0 Å². The molecular weight excluding hydrogens is 326 g/mol. The molecule has 2 amide bonds. The third kappa shape index (κ3) is 38.4. The highest BCUT2D eigenvalue weighted by molar-refractivity contribution is 7.79. The van der Waals surface area contributed by atoms with Crippen molar-refractivity contribution >= 4 is 22.2 Å². The number of nitrogens with two attached hydrogens (primary N) is 1. The summed E-state index contributed by atoms with van der Waals surface area (Å²) in [5.41, 5.74) is 4.63. The zero-order valence-corrected chi connectivity index (χ0v) is 14.8. The number of nitrogens with zero attached hydrogens (tertiary/aromatic N) is 1. The van der Waals surface area contributed by atoms with E-state index in [-0.39, 0.29) is 11.3 Å². The lowest BCUT2D eigenvalue weighted by atomic mass is 9.93. The van der Waals surface area contributed by atoms with E-state index in [1.807, 2.05) is 14.1 Å². The van der Waals surface area contributed by atoms with E-state index in [2.05, 4.69) is 43.0 Å². The summed E-state index contributed by atoms with van der Waals surface area (Å²) in [5, 5.41) is 2.79. The van der Waals surface area contributed by atoms with E-state index in [4.69, 9.17) is 17.5 Å². The lowest BCUT2D eigenvalue weighted by molar-refractivity contribution is -0.117. The lowest BCUT2D eigenvalue weighted by Gasteiger charge is -2.28. The van der Waals surface area contributed by atoms with E-state index in [0.717, 1.165) is 12.6 Å². The molecule has 0 saturated carbocycles. The minimum absolute atomic E-state index is 0.0994. The van der Waals surface area contributed by atoms with Gasteiger partial charge in [0.2, 0.25) is 11.8 Å². The number of carbonyl (C=O) groups excluding carboxylic acids is 2. The van der Waals surface area contributed by atoms with E-state index in [1.54, 1.807) is 0 Å². The lowest BCUT2D eigenvalue weighted by Crippen LogP contribution is -2.39. The van der Waals surface area contributed by atoms with Crippen molar-refractivity contribution in [3.63, 3.8) is 0 Å². The molecule has 23 heavy (non-hydrogen) atoms. The quantitative estimate of drug-likeness (QED) is 0.384. The van der Waals surface area contributed by atoms with Gasteiger partial charge in [-0.2, -0.15) is 8.42 Å². The summed E-state index contributed by atoms with van der Waals surface area (Å²) >= 11 is 0. The number of hydrogen-bond donors (Lipinski definition) is 4. The average Bonchev–Trinajstić information content (AvgIpc) is 2.33. The maximum Gasteiger partial charge on any atom is 0.394 e. The topological polar surface area (TPSA) is 150 Å². The van der Waals surface area contributed by atoms with Crippen LogP contribution in [0.1, 0.15) is 13.8 Å². The molecule has 136 valence electrons. The van der Waals surface area contributed by atoms with Crippen molar-refractivity contribution in [2.45, 2.75) is 13.8 Å². The van der Waals surface area contributed by atoms with Gasteiger partial charge in [0.05, 0.1) is 0 Å². The van der Waals surface area contributed by atoms with Crippen molar-refractivity contribution in [2.24, 2.45) is 11.1 Å². The van der Waals surface area contributed by atoms with Crippen LogP contribution < -0.4 is 11.1 Å². The van der Waals surface area contributed by atoms with Gasteiger partial charge in [-0.25, -0.2) is 0 Å². The third-order valence-electron chi connectivity index (χ3n) is 1.87. The van der Waals surface area contributed by atoms with Gasteiger partial charge in [-0.05, 0) is 31.7 Å². The molecule has 0 aromatic rings. The molecule has 10 heteroatoms. The Balaban J connectivity index is -0.000000329. The molecule has 0 atom stereocenters. The van der Waals surface area contributed by atoms with Gasteiger partial charge >= 0.3 is 10.4 Å². The van der Waals surface area contributed by atoms with Crippen LogP contribution in [0.15, 0.2) is 25.3 Å². The highest BCUT2D eigenvalue weighted by atomic mass is 32.3. The van der Waals surface area contributed by atoms with E-state index < -0.39 is 16.3 Å². The summed E-state index contributed by atoms with van der Waals surface area (Å²) in [6, 6.07) is 0. The van der Waals surface area contributed by atoms with Crippen molar-refractivity contribution < 1.29 is 27.1 Å². The van der Waals surface area contributed by atoms with E-state index in [9.17, 15) is 9.59 Å². The molecule has 0 aliphatic carbocycles. The summed E-state index contributed by atoms with van der Waals surface area (Å²) in [4.78, 5) is 22.5. The molecule has 5 N–H and O–H groups in total. The van der Waals surface area contributed by atoms with Crippen LogP contribution in [0.25, 0.3) is 0 Å². The number of amides is 2. The molecular formula is C13H27N3O6S. The molecule has 9 nitrogen and oxygen atoms in total. The molecule has 0 fully saturated rings. The predicted molar refractivity (Wildman–Crippen MR) is 89.1 cm³/mol. The van der Waals surface area contributed by atoms with Gasteiger partial charge in [-0.1, -0.05) is 27.0 Å². The highest BCUT2D eigenvalue weighted by Gasteiger charge is 2.18. The summed E-state index contributed by atoms with van der Waals surface area (Å²) in [7, 11) is -0.617. The second kappa shape index (κ2) is 12.8. The SMILES string of the molecule is C=CC(=O)NCC(C)(C)CN(C)C.C=CC(N)=O.O=S(=O)(O)O. The van der Waals surface area contributed by atoms with Crippen LogP contribution in [0.3, 0.4) is 0 Å². The molecule has 0 aliphatic heterocycles. The maximum absolute atomic E-state index is 10.9. The fourth-order valence-corrected chi connectivity index (χ4v) is 1.31. The molecule has 0 spiro atoms. The van der Waals surface area contributed by atoms with Gasteiger partial charge in [-0.3, -0.25) is 18.7 Å². The van der Waals surface area contributed by atoms with Crippen LogP contribution in [0.5, 0.6) is 0 Å². The van der Waals surface area contributed by atoms with Crippen LogP contribution >= 0.6 is 0 Å². The van der Waals surface area contributed by atoms with Crippen molar-refractivity contribution in [2.75, 3.05) is 27.2 Å². The molecule has 0 rings (SSSR count). The monoisotopic (exact) mass is 353 g/mol. The number of hydrogen-bond acceptors (Lipinski definition) is 5. The third-order valence-corrected chi connectivity index (χ3v) is 1.87. The number of carbonyl (C=O) groups is 2. The van der Waals surface area contributed by atoms with Crippen LogP contribution in [0.4, 0.5) is 0 Å². The maximum atomic E-state index is 10.9. The molecule has 0 aromatic carbocycles. The second-order valence-corrected chi connectivity index (χ2v) is 6.27. The molecule has 0 unspecified atom stereocenters.